The molecule has 0 amide bonds. The van der Waals surface area contributed by atoms with Gasteiger partial charge in [0.15, 0.2) is 23.0 Å². The Morgan fingerprint density at radius 1 is 0.970 bits per heavy atom. The predicted octanol–water partition coefficient (Wildman–Crippen LogP) is 3.51. The molecule has 2 aromatic rings. The third-order valence-corrected chi connectivity index (χ3v) is 7.02. The molecule has 2 atom stereocenters. The molecular formula is C26H33N3O4. The Hall–Kier alpha value is -2.95. The molecule has 0 bridgehead atoms. The lowest BCUT2D eigenvalue weighted by atomic mass is 9.78. The largest absolute Gasteiger partial charge is 0.493 e. The van der Waals surface area contributed by atoms with E-state index in [-0.39, 0.29) is 6.04 Å². The van der Waals surface area contributed by atoms with Crippen LogP contribution < -0.4 is 24.3 Å². The molecule has 2 heterocycles. The molecule has 0 unspecified atom stereocenters. The Balaban J connectivity index is 1.49. The molecule has 176 valence electrons. The van der Waals surface area contributed by atoms with Gasteiger partial charge in [-0.3, -0.25) is 10.2 Å². The first kappa shape index (κ1) is 23.2. The minimum absolute atomic E-state index is 0.190. The van der Waals surface area contributed by atoms with Crippen LogP contribution in [-0.2, 0) is 12.8 Å². The fourth-order valence-corrected chi connectivity index (χ4v) is 5.14. The summed E-state index contributed by atoms with van der Waals surface area (Å²) in [6.45, 7) is 2.62. The number of nitrogens with one attached hydrogen (secondary N) is 1. The second kappa shape index (κ2) is 9.90. The maximum absolute atomic E-state index is 10.2. The average Bonchev–Trinajstić information content (AvgIpc) is 2.87. The molecule has 4 rings (SSSR count). The minimum Gasteiger partial charge on any atom is -0.493 e. The van der Waals surface area contributed by atoms with E-state index in [1.807, 2.05) is 18.2 Å². The minimum atomic E-state index is -0.556. The van der Waals surface area contributed by atoms with Crippen molar-refractivity contribution in [2.24, 2.45) is 0 Å². The lowest BCUT2D eigenvalue weighted by molar-refractivity contribution is 0.0917. The van der Waals surface area contributed by atoms with E-state index < -0.39 is 5.54 Å². The number of nitrogens with zero attached hydrogens (tertiary/aromatic N) is 2. The Morgan fingerprint density at radius 3 is 2.36 bits per heavy atom. The topological polar surface area (TPSA) is 76.0 Å². The maximum Gasteiger partial charge on any atom is 0.161 e. The number of methoxy groups -OCH3 is 4. The van der Waals surface area contributed by atoms with Gasteiger partial charge in [-0.15, -0.1) is 0 Å². The molecule has 7 nitrogen and oxygen atoms in total. The van der Waals surface area contributed by atoms with E-state index in [1.54, 1.807) is 28.4 Å². The molecule has 2 aliphatic rings. The van der Waals surface area contributed by atoms with Gasteiger partial charge in [-0.2, -0.15) is 5.26 Å². The molecule has 0 aromatic heterocycles. The maximum atomic E-state index is 10.2. The third-order valence-electron chi connectivity index (χ3n) is 7.02. The van der Waals surface area contributed by atoms with Crippen molar-refractivity contribution in [1.29, 1.82) is 5.26 Å². The molecule has 0 aliphatic carbocycles. The molecule has 1 N–H and O–H groups in total. The normalized spacial score (nSPS) is 22.0. The summed E-state index contributed by atoms with van der Waals surface area (Å²) in [6, 6.07) is 13.0. The van der Waals surface area contributed by atoms with Crippen LogP contribution in [0.5, 0.6) is 23.0 Å². The second-order valence-corrected chi connectivity index (χ2v) is 8.72. The number of fused-ring (bicyclic) bond motifs is 3. The second-order valence-electron chi connectivity index (χ2n) is 8.72. The van der Waals surface area contributed by atoms with Crippen LogP contribution in [0.25, 0.3) is 0 Å². The molecule has 1 saturated heterocycles. The highest BCUT2D eigenvalue weighted by Crippen LogP contribution is 2.44. The van der Waals surface area contributed by atoms with Crippen LogP contribution in [0.2, 0.25) is 0 Å². The third kappa shape index (κ3) is 4.59. The number of nitriles is 1. The summed E-state index contributed by atoms with van der Waals surface area (Å²) in [6.07, 6.45) is 3.35. The highest BCUT2D eigenvalue weighted by atomic mass is 16.5. The van der Waals surface area contributed by atoms with Crippen molar-refractivity contribution in [3.8, 4) is 29.1 Å². The zero-order chi connectivity index (χ0) is 23.4. The number of benzene rings is 2. The van der Waals surface area contributed by atoms with E-state index >= 15 is 0 Å². The fraction of sp³-hybridized carbons (Fsp3) is 0.500. The van der Waals surface area contributed by atoms with Gasteiger partial charge in [-0.05, 0) is 66.6 Å². The van der Waals surface area contributed by atoms with Crippen LogP contribution in [0.1, 0.15) is 35.6 Å². The van der Waals surface area contributed by atoms with Gasteiger partial charge >= 0.3 is 0 Å². The van der Waals surface area contributed by atoms with Crippen molar-refractivity contribution in [3.63, 3.8) is 0 Å². The molecule has 0 radical (unpaired) electrons. The summed E-state index contributed by atoms with van der Waals surface area (Å²) in [5, 5.41) is 13.8. The molecule has 0 saturated carbocycles. The molecular weight excluding hydrogens is 418 g/mol. The van der Waals surface area contributed by atoms with E-state index in [2.05, 4.69) is 28.4 Å². The number of piperidine rings is 1. The van der Waals surface area contributed by atoms with E-state index in [9.17, 15) is 5.26 Å². The number of ether oxygens (including phenoxy) is 4. The molecule has 7 heteroatoms. The summed E-state index contributed by atoms with van der Waals surface area (Å²) in [5.41, 5.74) is 3.12. The molecule has 2 aliphatic heterocycles. The zero-order valence-corrected chi connectivity index (χ0v) is 19.9. The first-order chi connectivity index (χ1) is 16.1. The van der Waals surface area contributed by atoms with Crippen molar-refractivity contribution >= 4 is 0 Å². The number of hydrogen-bond acceptors (Lipinski definition) is 7. The predicted molar refractivity (Wildman–Crippen MR) is 126 cm³/mol. The van der Waals surface area contributed by atoms with Crippen LogP contribution >= 0.6 is 0 Å². The van der Waals surface area contributed by atoms with Gasteiger partial charge in [-0.25, -0.2) is 0 Å². The van der Waals surface area contributed by atoms with E-state index in [0.717, 1.165) is 67.3 Å². The lowest BCUT2D eigenvalue weighted by Gasteiger charge is -2.47. The van der Waals surface area contributed by atoms with Gasteiger partial charge in [0, 0.05) is 25.7 Å². The molecule has 33 heavy (non-hydrogen) atoms. The van der Waals surface area contributed by atoms with E-state index in [4.69, 9.17) is 18.9 Å². The number of rotatable bonds is 8. The Kier molecular flexibility index (Phi) is 6.96. The van der Waals surface area contributed by atoms with Crippen molar-refractivity contribution < 1.29 is 18.9 Å². The summed E-state index contributed by atoms with van der Waals surface area (Å²) in [5.74, 6) is 2.95. The van der Waals surface area contributed by atoms with E-state index in [0.29, 0.717) is 6.54 Å². The number of hydrogen-bond donors (Lipinski definition) is 1. The van der Waals surface area contributed by atoms with Crippen molar-refractivity contribution in [2.75, 3.05) is 48.1 Å². The quantitative estimate of drug-likeness (QED) is 0.658. The summed E-state index contributed by atoms with van der Waals surface area (Å²) >= 11 is 0. The monoisotopic (exact) mass is 451 g/mol. The highest BCUT2D eigenvalue weighted by Gasteiger charge is 2.42. The van der Waals surface area contributed by atoms with Crippen molar-refractivity contribution in [3.05, 3.63) is 47.0 Å². The Morgan fingerprint density at radius 2 is 1.67 bits per heavy atom. The van der Waals surface area contributed by atoms with Gasteiger partial charge in [-0.1, -0.05) is 6.07 Å². The first-order valence-corrected chi connectivity index (χ1v) is 11.4. The standard InChI is InChI=1S/C26H33N3O4/c1-30-22-6-5-18(13-23(22)31-2)7-10-28-26(17-27)9-12-29-11-8-19-14-24(32-3)25(33-4)15-20(19)21(29)16-26/h5-6,13-15,21,28H,7-12,16H2,1-4H3/t21-,26+/m0/s1. The summed E-state index contributed by atoms with van der Waals surface area (Å²) in [7, 11) is 6.62. The van der Waals surface area contributed by atoms with Crippen molar-refractivity contribution in [1.82, 2.24) is 10.2 Å². The molecule has 0 spiro atoms. The van der Waals surface area contributed by atoms with Gasteiger partial charge in [0.25, 0.3) is 0 Å². The van der Waals surface area contributed by atoms with Gasteiger partial charge in [0.2, 0.25) is 0 Å². The van der Waals surface area contributed by atoms with Crippen LogP contribution in [0, 0.1) is 11.3 Å². The van der Waals surface area contributed by atoms with Crippen LogP contribution in [0.3, 0.4) is 0 Å². The van der Waals surface area contributed by atoms with Crippen molar-refractivity contribution in [2.45, 2.75) is 37.3 Å². The van der Waals surface area contributed by atoms with Crippen LogP contribution in [0.15, 0.2) is 30.3 Å². The van der Waals surface area contributed by atoms with Gasteiger partial charge in [0.1, 0.15) is 5.54 Å². The SMILES string of the molecule is COc1ccc(CCN[C@]2(C#N)CCN3CCc4cc(OC)c(OC)cc4[C@@H]3C2)cc1OC. The van der Waals surface area contributed by atoms with Gasteiger partial charge < -0.3 is 18.9 Å². The first-order valence-electron chi connectivity index (χ1n) is 11.4. The van der Waals surface area contributed by atoms with Crippen LogP contribution in [-0.4, -0.2) is 58.5 Å². The zero-order valence-electron chi connectivity index (χ0n) is 19.9. The lowest BCUT2D eigenvalue weighted by Crippen LogP contribution is -2.55. The summed E-state index contributed by atoms with van der Waals surface area (Å²) < 4.78 is 21.8. The highest BCUT2D eigenvalue weighted by molar-refractivity contribution is 5.50. The average molecular weight is 452 g/mol. The fourth-order valence-electron chi connectivity index (χ4n) is 5.14. The summed E-state index contributed by atoms with van der Waals surface area (Å²) in [4.78, 5) is 2.50. The Bertz CT molecular complexity index is 1030. The molecule has 1 fully saturated rings. The molecule has 2 aromatic carbocycles. The Labute approximate surface area is 196 Å². The van der Waals surface area contributed by atoms with E-state index in [1.165, 1.54) is 11.1 Å². The smallest absolute Gasteiger partial charge is 0.161 e. The van der Waals surface area contributed by atoms with Crippen LogP contribution in [0.4, 0.5) is 0 Å². The van der Waals surface area contributed by atoms with Gasteiger partial charge in [0.05, 0.1) is 34.5 Å².